The van der Waals surface area contributed by atoms with Crippen LogP contribution in [0.25, 0.3) is 0 Å². The number of hydrogen-bond acceptors (Lipinski definition) is 4. The van der Waals surface area contributed by atoms with Crippen LogP contribution in [0, 0.1) is 0 Å². The number of rotatable bonds is 6. The van der Waals surface area contributed by atoms with Gasteiger partial charge in [-0.15, -0.1) is 0 Å². The van der Waals surface area contributed by atoms with Gasteiger partial charge in [0.2, 0.25) is 17.7 Å². The monoisotopic (exact) mass is 269 g/mol. The molecule has 0 aliphatic carbocycles. The molecule has 1 aliphatic rings. The Bertz CT molecular complexity index is 366. The lowest BCUT2D eigenvalue weighted by atomic mass is 10.1. The molecule has 0 radical (unpaired) electrons. The van der Waals surface area contributed by atoms with Gasteiger partial charge in [-0.25, -0.2) is 0 Å². The van der Waals surface area contributed by atoms with Crippen LogP contribution in [0.2, 0.25) is 0 Å². The van der Waals surface area contributed by atoms with Gasteiger partial charge in [-0.3, -0.25) is 24.6 Å². The molecular weight excluding hydrogens is 246 g/mol. The molecule has 108 valence electrons. The zero-order chi connectivity index (χ0) is 14.6. The van der Waals surface area contributed by atoms with Gasteiger partial charge in [0, 0.05) is 13.1 Å². The minimum absolute atomic E-state index is 0.123. The predicted molar refractivity (Wildman–Crippen MR) is 71.3 cm³/mol. The van der Waals surface area contributed by atoms with Gasteiger partial charge >= 0.3 is 0 Å². The third-order valence-electron chi connectivity index (χ3n) is 3.56. The van der Waals surface area contributed by atoms with E-state index in [1.165, 1.54) is 7.05 Å². The van der Waals surface area contributed by atoms with Crippen molar-refractivity contribution in [1.29, 1.82) is 0 Å². The third kappa shape index (κ3) is 3.76. The van der Waals surface area contributed by atoms with E-state index in [1.54, 1.807) is 6.92 Å². The Morgan fingerprint density at radius 2 is 1.95 bits per heavy atom. The number of nitrogens with zero attached hydrogens (tertiary/aromatic N) is 1. The van der Waals surface area contributed by atoms with Gasteiger partial charge in [-0.1, -0.05) is 13.8 Å². The Labute approximate surface area is 113 Å². The number of hydrogen-bond donors (Lipinski definition) is 2. The molecule has 1 aliphatic heterocycles. The Balaban J connectivity index is 2.51. The minimum atomic E-state index is -0.583. The van der Waals surface area contributed by atoms with Crippen LogP contribution in [0.1, 0.15) is 40.0 Å². The van der Waals surface area contributed by atoms with Crippen molar-refractivity contribution >= 4 is 17.7 Å². The predicted octanol–water partition coefficient (Wildman–Crippen LogP) is 0.0266. The topological polar surface area (TPSA) is 78.5 Å². The van der Waals surface area contributed by atoms with E-state index in [1.807, 2.05) is 13.8 Å². The average molecular weight is 269 g/mol. The number of carbonyl (C=O) groups excluding carboxylic acids is 3. The van der Waals surface area contributed by atoms with Crippen molar-refractivity contribution in [1.82, 2.24) is 15.5 Å². The van der Waals surface area contributed by atoms with Crippen molar-refractivity contribution in [3.63, 3.8) is 0 Å². The summed E-state index contributed by atoms with van der Waals surface area (Å²) in [5, 5.41) is 5.83. The third-order valence-corrected chi connectivity index (χ3v) is 3.56. The van der Waals surface area contributed by atoms with E-state index < -0.39 is 12.1 Å². The second-order valence-corrected chi connectivity index (χ2v) is 4.96. The summed E-state index contributed by atoms with van der Waals surface area (Å²) in [6.45, 7) is 5.73. The van der Waals surface area contributed by atoms with Gasteiger partial charge in [-0.2, -0.15) is 0 Å². The van der Waals surface area contributed by atoms with Crippen LogP contribution in [0.15, 0.2) is 0 Å². The summed E-state index contributed by atoms with van der Waals surface area (Å²) in [6.07, 6.45) is 1.87. The first-order chi connectivity index (χ1) is 8.90. The highest BCUT2D eigenvalue weighted by Gasteiger charge is 2.37. The summed E-state index contributed by atoms with van der Waals surface area (Å²) in [5.74, 6) is -0.620. The summed E-state index contributed by atoms with van der Waals surface area (Å²) in [6, 6.07) is -0.922. The summed E-state index contributed by atoms with van der Waals surface area (Å²) in [4.78, 5) is 36.1. The highest BCUT2D eigenvalue weighted by molar-refractivity contribution is 6.05. The van der Waals surface area contributed by atoms with Crippen molar-refractivity contribution in [2.75, 3.05) is 7.05 Å². The fourth-order valence-electron chi connectivity index (χ4n) is 2.08. The standard InChI is InChI=1S/C13H23N3O3/c1-5-9(6-2)15-12(18)8(3)14-10-7-11(17)16(4)13(10)19/h8-10,14H,5-7H2,1-4H3,(H,15,18). The zero-order valence-electron chi connectivity index (χ0n) is 12.0. The number of nitrogens with one attached hydrogen (secondary N) is 2. The van der Waals surface area contributed by atoms with Crippen LogP contribution in [0.3, 0.4) is 0 Å². The summed E-state index contributed by atoms with van der Waals surface area (Å²) < 4.78 is 0. The lowest BCUT2D eigenvalue weighted by Gasteiger charge is -2.21. The molecule has 6 nitrogen and oxygen atoms in total. The maximum absolute atomic E-state index is 11.9. The van der Waals surface area contributed by atoms with Gasteiger partial charge in [0.25, 0.3) is 0 Å². The molecule has 3 amide bonds. The van der Waals surface area contributed by atoms with Crippen molar-refractivity contribution in [2.45, 2.75) is 58.2 Å². The number of carbonyl (C=O) groups is 3. The molecular formula is C13H23N3O3. The smallest absolute Gasteiger partial charge is 0.246 e. The first-order valence-corrected chi connectivity index (χ1v) is 6.77. The summed E-state index contributed by atoms with van der Waals surface area (Å²) >= 11 is 0. The largest absolute Gasteiger partial charge is 0.352 e. The molecule has 19 heavy (non-hydrogen) atoms. The van der Waals surface area contributed by atoms with Crippen molar-refractivity contribution in [3.05, 3.63) is 0 Å². The van der Waals surface area contributed by atoms with Gasteiger partial charge < -0.3 is 5.32 Å². The fraction of sp³-hybridized carbons (Fsp3) is 0.769. The molecule has 0 aromatic carbocycles. The van der Waals surface area contributed by atoms with Gasteiger partial charge in [0.05, 0.1) is 18.5 Å². The van der Waals surface area contributed by atoms with Gasteiger partial charge in [0.15, 0.2) is 0 Å². The van der Waals surface area contributed by atoms with E-state index in [9.17, 15) is 14.4 Å². The maximum Gasteiger partial charge on any atom is 0.246 e. The quantitative estimate of drug-likeness (QED) is 0.667. The molecule has 0 bridgehead atoms. The van der Waals surface area contributed by atoms with Crippen molar-refractivity contribution < 1.29 is 14.4 Å². The van der Waals surface area contributed by atoms with E-state index in [0.717, 1.165) is 17.7 Å². The second-order valence-electron chi connectivity index (χ2n) is 4.96. The van der Waals surface area contributed by atoms with Gasteiger partial charge in [0.1, 0.15) is 0 Å². The van der Waals surface area contributed by atoms with Crippen LogP contribution in [-0.2, 0) is 14.4 Å². The normalized spacial score (nSPS) is 21.1. The molecule has 1 rings (SSSR count). The van der Waals surface area contributed by atoms with E-state index in [0.29, 0.717) is 0 Å². The Morgan fingerprint density at radius 1 is 1.37 bits per heavy atom. The molecule has 0 aromatic heterocycles. The number of imide groups is 1. The second kappa shape index (κ2) is 6.65. The van der Waals surface area contributed by atoms with Crippen LogP contribution in [0.5, 0.6) is 0 Å². The summed E-state index contributed by atoms with van der Waals surface area (Å²) in [7, 11) is 1.46. The fourth-order valence-corrected chi connectivity index (χ4v) is 2.08. The highest BCUT2D eigenvalue weighted by Crippen LogP contribution is 2.11. The molecule has 0 aromatic rings. The SMILES string of the molecule is CCC(CC)NC(=O)C(C)NC1CC(=O)N(C)C1=O. The molecule has 0 saturated carbocycles. The van der Waals surface area contributed by atoms with Crippen molar-refractivity contribution in [3.8, 4) is 0 Å². The van der Waals surface area contributed by atoms with E-state index in [2.05, 4.69) is 10.6 Å². The molecule has 2 unspecified atom stereocenters. The van der Waals surface area contributed by atoms with E-state index >= 15 is 0 Å². The Morgan fingerprint density at radius 3 is 2.37 bits per heavy atom. The van der Waals surface area contributed by atoms with E-state index in [4.69, 9.17) is 0 Å². The lowest BCUT2D eigenvalue weighted by molar-refractivity contribution is -0.137. The Hall–Kier alpha value is -1.43. The van der Waals surface area contributed by atoms with Crippen LogP contribution in [-0.4, -0.2) is 47.8 Å². The van der Waals surface area contributed by atoms with Crippen molar-refractivity contribution in [2.24, 2.45) is 0 Å². The molecule has 0 spiro atoms. The average Bonchev–Trinajstić information content (AvgIpc) is 2.63. The first kappa shape index (κ1) is 15.6. The van der Waals surface area contributed by atoms with E-state index in [-0.39, 0.29) is 30.2 Å². The number of likely N-dealkylation sites (N-methyl/N-ethyl adjacent to an activating group) is 1. The van der Waals surface area contributed by atoms with Crippen LogP contribution < -0.4 is 10.6 Å². The molecule has 1 saturated heterocycles. The molecule has 1 heterocycles. The molecule has 6 heteroatoms. The van der Waals surface area contributed by atoms with Crippen LogP contribution in [0.4, 0.5) is 0 Å². The highest BCUT2D eigenvalue weighted by atomic mass is 16.2. The minimum Gasteiger partial charge on any atom is -0.352 e. The number of likely N-dealkylation sites (tertiary alicyclic amines) is 1. The lowest BCUT2D eigenvalue weighted by Crippen LogP contribution is -2.51. The van der Waals surface area contributed by atoms with Gasteiger partial charge in [-0.05, 0) is 19.8 Å². The Kier molecular flexibility index (Phi) is 5.47. The maximum atomic E-state index is 11.9. The molecule has 2 N–H and O–H groups in total. The zero-order valence-corrected chi connectivity index (χ0v) is 12.0. The number of amides is 3. The molecule has 1 fully saturated rings. The molecule has 2 atom stereocenters. The van der Waals surface area contributed by atoms with Crippen LogP contribution >= 0.6 is 0 Å². The summed E-state index contributed by atoms with van der Waals surface area (Å²) in [5.41, 5.74) is 0. The first-order valence-electron chi connectivity index (χ1n) is 6.77.